The first-order chi connectivity index (χ1) is 44.5. The van der Waals surface area contributed by atoms with Crippen LogP contribution in [0.25, 0.3) is 39.0 Å². The summed E-state index contributed by atoms with van der Waals surface area (Å²) in [7, 11) is 0. The van der Waals surface area contributed by atoms with Gasteiger partial charge in [0.1, 0.15) is 0 Å². The fourth-order valence-corrected chi connectivity index (χ4v) is 17.0. The Hall–Kier alpha value is -8.14. The van der Waals surface area contributed by atoms with Gasteiger partial charge in [-0.05, 0) is 258 Å². The smallest absolute Gasteiger partial charge is 0.0540 e. The molecule has 95 heavy (non-hydrogen) atoms. The zero-order valence-electron chi connectivity index (χ0n) is 61.3. The summed E-state index contributed by atoms with van der Waals surface area (Å²) in [6, 6.07) is 69.1. The van der Waals surface area contributed by atoms with Gasteiger partial charge in [0, 0.05) is 50.7 Å². The standard InChI is InChI=1S/C92H105N3/c1-58-50-61(69-31-27-33-76-84(69)70-30-25-26-32-74(70)92(76,20)21)34-46-81(58)95(82-47-39-64(87(9,10)11)51-72(82)60-28-23-22-24-29-60)83-54-68(94(66-41-35-62(36-42-66)85(3,4)5)67-43-37-63(38-44-67)86(6,7)8)53-71(59(83)2)73-55-78-79(91(18,19)57-90(78,16)17)56-80(73)93-65-40-45-75-77(52-65)89(14,15)49-48-88(75,12)13/h22-25,27-31,33-47,50-56,93H,26,32,48-49,57H2,1-21H3. The van der Waals surface area contributed by atoms with E-state index in [1.807, 2.05) is 0 Å². The molecule has 3 nitrogen and oxygen atoms in total. The monoisotopic (exact) mass is 1250 g/mol. The van der Waals surface area contributed by atoms with Crippen molar-refractivity contribution in [1.82, 2.24) is 0 Å². The minimum absolute atomic E-state index is 0.0254. The van der Waals surface area contributed by atoms with E-state index in [0.717, 1.165) is 71.2 Å². The third-order valence-electron chi connectivity index (χ3n) is 22.6. The minimum Gasteiger partial charge on any atom is -0.355 e. The van der Waals surface area contributed by atoms with E-state index in [-0.39, 0.29) is 43.3 Å². The third kappa shape index (κ3) is 11.7. The fourth-order valence-electron chi connectivity index (χ4n) is 17.0. The number of nitrogens with one attached hydrogen (secondary N) is 1. The Bertz CT molecular complexity index is 4490. The summed E-state index contributed by atoms with van der Waals surface area (Å²) in [6.07, 6.45) is 10.4. The summed E-state index contributed by atoms with van der Waals surface area (Å²) in [5.74, 6) is 0. The van der Waals surface area contributed by atoms with E-state index in [4.69, 9.17) is 0 Å². The van der Waals surface area contributed by atoms with Crippen LogP contribution in [0.5, 0.6) is 0 Å². The van der Waals surface area contributed by atoms with Crippen molar-refractivity contribution in [1.29, 1.82) is 0 Å². The molecule has 0 aliphatic heterocycles. The van der Waals surface area contributed by atoms with Gasteiger partial charge in [0.2, 0.25) is 0 Å². The molecule has 0 fully saturated rings. The van der Waals surface area contributed by atoms with Crippen LogP contribution in [0.2, 0.25) is 0 Å². The van der Waals surface area contributed by atoms with Gasteiger partial charge < -0.3 is 15.1 Å². The van der Waals surface area contributed by atoms with Crippen LogP contribution in [0.1, 0.15) is 225 Å². The first kappa shape index (κ1) is 65.5. The van der Waals surface area contributed by atoms with Gasteiger partial charge in [-0.15, -0.1) is 0 Å². The molecular formula is C92H105N3. The van der Waals surface area contributed by atoms with Gasteiger partial charge in [0.05, 0.1) is 11.4 Å². The molecule has 0 heterocycles. The number of allylic oxidation sites excluding steroid dienone is 4. The van der Waals surface area contributed by atoms with Crippen LogP contribution >= 0.6 is 0 Å². The Morgan fingerprint density at radius 3 is 1.59 bits per heavy atom. The molecule has 9 aromatic rings. The van der Waals surface area contributed by atoms with Crippen molar-refractivity contribution in [3.05, 3.63) is 255 Å². The Morgan fingerprint density at radius 1 is 0.400 bits per heavy atom. The van der Waals surface area contributed by atoms with Crippen molar-refractivity contribution in [3.8, 4) is 33.4 Å². The lowest BCUT2D eigenvalue weighted by molar-refractivity contribution is 0.332. The number of aryl methyl sites for hydroxylation is 1. The average molecular weight is 1250 g/mol. The van der Waals surface area contributed by atoms with Crippen molar-refractivity contribution < 1.29 is 0 Å². The summed E-state index contributed by atoms with van der Waals surface area (Å²) in [5.41, 5.74) is 33.9. The Morgan fingerprint density at radius 2 is 0.979 bits per heavy atom. The highest BCUT2D eigenvalue weighted by molar-refractivity contribution is 5.99. The SMILES string of the molecule is Cc1cc(-c2cccc3c2C2=C(CCC=C2)C3(C)C)ccc1N(c1ccc(C(C)(C)C)cc1-c1ccccc1)c1cc(N(c2ccc(C(C)(C)C)cc2)c2ccc(C(C)(C)C)cc2)cc(-c2cc3c(cc2Nc2ccc4c(c2)C(C)(C)CCC4(C)C)C(C)(C)CC3(C)C)c1C. The Kier molecular flexibility index (Phi) is 15.9. The van der Waals surface area contributed by atoms with E-state index in [0.29, 0.717) is 0 Å². The predicted molar refractivity (Wildman–Crippen MR) is 412 cm³/mol. The van der Waals surface area contributed by atoms with E-state index < -0.39 is 0 Å². The quantitative estimate of drug-likeness (QED) is 0.139. The van der Waals surface area contributed by atoms with Gasteiger partial charge in [-0.3, -0.25) is 0 Å². The molecule has 0 spiro atoms. The van der Waals surface area contributed by atoms with Crippen molar-refractivity contribution in [3.63, 3.8) is 0 Å². The predicted octanol–water partition coefficient (Wildman–Crippen LogP) is 26.6. The first-order valence-corrected chi connectivity index (χ1v) is 35.5. The van der Waals surface area contributed by atoms with E-state index >= 15 is 0 Å². The van der Waals surface area contributed by atoms with E-state index in [1.54, 1.807) is 5.57 Å². The normalized spacial score (nSPS) is 17.2. The van der Waals surface area contributed by atoms with Gasteiger partial charge in [-0.2, -0.15) is 0 Å². The molecule has 0 amide bonds. The summed E-state index contributed by atoms with van der Waals surface area (Å²) in [4.78, 5) is 5.17. The fraction of sp³-hybridized carbons (Fsp3) is 0.370. The second-order valence-electron chi connectivity index (χ2n) is 35.0. The molecule has 0 saturated carbocycles. The average Bonchev–Trinajstić information content (AvgIpc) is 1.68. The highest BCUT2D eigenvalue weighted by Crippen LogP contribution is 2.58. The van der Waals surface area contributed by atoms with Crippen LogP contribution < -0.4 is 15.1 Å². The van der Waals surface area contributed by atoms with Crippen LogP contribution in [0.15, 0.2) is 194 Å². The van der Waals surface area contributed by atoms with Crippen LogP contribution in [0.4, 0.5) is 45.5 Å². The molecule has 1 N–H and O–H groups in total. The minimum atomic E-state index is -0.101. The lowest BCUT2D eigenvalue weighted by atomic mass is 9.63. The van der Waals surface area contributed by atoms with Crippen LogP contribution in [0, 0.1) is 13.8 Å². The maximum atomic E-state index is 4.26. The molecular weight excluding hydrogens is 1150 g/mol. The number of nitrogens with zero attached hydrogens (tertiary/aromatic N) is 2. The van der Waals surface area contributed by atoms with E-state index in [2.05, 4.69) is 349 Å². The van der Waals surface area contributed by atoms with Crippen LogP contribution in [-0.2, 0) is 43.3 Å². The maximum Gasteiger partial charge on any atom is 0.0540 e. The summed E-state index contributed by atoms with van der Waals surface area (Å²) >= 11 is 0. The molecule has 0 saturated heterocycles. The molecule has 488 valence electrons. The number of hydrogen-bond acceptors (Lipinski definition) is 3. The summed E-state index contributed by atoms with van der Waals surface area (Å²) in [6.45, 7) is 50.2. The second kappa shape index (κ2) is 23.0. The summed E-state index contributed by atoms with van der Waals surface area (Å²) < 4.78 is 0. The zero-order valence-corrected chi connectivity index (χ0v) is 61.3. The first-order valence-electron chi connectivity index (χ1n) is 35.5. The molecule has 0 aromatic heterocycles. The highest BCUT2D eigenvalue weighted by Gasteiger charge is 2.44. The van der Waals surface area contributed by atoms with Crippen LogP contribution in [-0.4, -0.2) is 0 Å². The molecule has 0 bridgehead atoms. The summed E-state index contributed by atoms with van der Waals surface area (Å²) in [5, 5.41) is 4.26. The zero-order chi connectivity index (χ0) is 67.9. The largest absolute Gasteiger partial charge is 0.355 e. The second-order valence-corrected chi connectivity index (χ2v) is 35.0. The molecule has 3 heteroatoms. The molecule has 0 radical (unpaired) electrons. The van der Waals surface area contributed by atoms with Gasteiger partial charge >= 0.3 is 0 Å². The number of anilines is 8. The molecule has 9 aromatic carbocycles. The van der Waals surface area contributed by atoms with Gasteiger partial charge in [-0.1, -0.05) is 240 Å². The van der Waals surface area contributed by atoms with Crippen molar-refractivity contribution in [2.75, 3.05) is 15.1 Å². The van der Waals surface area contributed by atoms with Crippen LogP contribution in [0.3, 0.4) is 0 Å². The number of fused-ring (bicyclic) bond motifs is 4. The number of rotatable bonds is 11. The Labute approximate surface area is 571 Å². The number of hydrogen-bond donors (Lipinski definition) is 1. The van der Waals surface area contributed by atoms with Crippen molar-refractivity contribution in [2.24, 2.45) is 0 Å². The van der Waals surface area contributed by atoms with E-state index in [9.17, 15) is 0 Å². The maximum absolute atomic E-state index is 4.26. The molecule has 4 aliphatic carbocycles. The topological polar surface area (TPSA) is 18.5 Å². The van der Waals surface area contributed by atoms with E-state index in [1.165, 1.54) is 107 Å². The third-order valence-corrected chi connectivity index (χ3v) is 22.6. The Balaban J connectivity index is 1.14. The van der Waals surface area contributed by atoms with Crippen molar-refractivity contribution >= 4 is 51.1 Å². The molecule has 4 aliphatic rings. The lowest BCUT2D eigenvalue weighted by Gasteiger charge is -2.42. The van der Waals surface area contributed by atoms with Gasteiger partial charge in [0.25, 0.3) is 0 Å². The molecule has 0 unspecified atom stereocenters. The molecule has 13 rings (SSSR count). The lowest BCUT2D eigenvalue weighted by Crippen LogP contribution is -2.33. The molecule has 0 atom stereocenters. The van der Waals surface area contributed by atoms with Gasteiger partial charge in [0.15, 0.2) is 0 Å². The number of benzene rings is 9. The van der Waals surface area contributed by atoms with Crippen molar-refractivity contribution in [2.45, 2.75) is 221 Å². The highest BCUT2D eigenvalue weighted by atomic mass is 15.2. The van der Waals surface area contributed by atoms with Gasteiger partial charge in [-0.25, -0.2) is 0 Å².